The molecule has 0 aliphatic carbocycles. The van der Waals surface area contributed by atoms with Gasteiger partial charge in [-0.15, -0.1) is 11.3 Å². The number of rotatable bonds is 2. The van der Waals surface area contributed by atoms with Crippen LogP contribution >= 0.6 is 11.3 Å². The van der Waals surface area contributed by atoms with E-state index < -0.39 is 11.1 Å². The Hall–Kier alpha value is -1.62. The predicted molar refractivity (Wildman–Crippen MR) is 62.4 cm³/mol. The molecule has 0 radical (unpaired) electrons. The number of thiophene rings is 1. The normalized spacial score (nSPS) is 11.5. The van der Waals surface area contributed by atoms with Gasteiger partial charge in [-0.25, -0.2) is 0 Å². The molecule has 0 fully saturated rings. The summed E-state index contributed by atoms with van der Waals surface area (Å²) < 4.78 is 0. The average molecular weight is 222 g/mol. The SMILES string of the molecule is CCC=Cc1cc2[nH]c(=O)c(=O)[nH]c2s1. The van der Waals surface area contributed by atoms with Crippen LogP contribution in [0.4, 0.5) is 0 Å². The molecule has 0 bridgehead atoms. The van der Waals surface area contributed by atoms with Crippen molar-refractivity contribution in [1.29, 1.82) is 0 Å². The monoisotopic (exact) mass is 222 g/mol. The molecule has 0 aromatic carbocycles. The van der Waals surface area contributed by atoms with E-state index in [0.29, 0.717) is 10.3 Å². The van der Waals surface area contributed by atoms with Crippen LogP contribution in [-0.4, -0.2) is 9.97 Å². The molecular formula is C10H10N2O2S. The first-order chi connectivity index (χ1) is 7.20. The molecule has 2 N–H and O–H groups in total. The molecule has 15 heavy (non-hydrogen) atoms. The zero-order chi connectivity index (χ0) is 10.8. The third-order valence-corrected chi connectivity index (χ3v) is 2.97. The number of H-pyrrole nitrogens is 2. The molecular weight excluding hydrogens is 212 g/mol. The summed E-state index contributed by atoms with van der Waals surface area (Å²) in [6.45, 7) is 2.05. The van der Waals surface area contributed by atoms with Gasteiger partial charge in [0.05, 0.1) is 5.52 Å². The number of hydrogen-bond acceptors (Lipinski definition) is 3. The summed E-state index contributed by atoms with van der Waals surface area (Å²) in [6, 6.07) is 1.85. The molecule has 0 atom stereocenters. The minimum atomic E-state index is -0.605. The summed E-state index contributed by atoms with van der Waals surface area (Å²) in [4.78, 5) is 28.9. The topological polar surface area (TPSA) is 65.7 Å². The van der Waals surface area contributed by atoms with Gasteiger partial charge < -0.3 is 9.97 Å². The van der Waals surface area contributed by atoms with Gasteiger partial charge in [-0.05, 0) is 18.6 Å². The van der Waals surface area contributed by atoms with Crippen molar-refractivity contribution < 1.29 is 0 Å². The second kappa shape index (κ2) is 3.86. The number of nitrogens with one attached hydrogen (secondary N) is 2. The zero-order valence-electron chi connectivity index (χ0n) is 8.16. The van der Waals surface area contributed by atoms with Gasteiger partial charge in [0.2, 0.25) is 0 Å². The molecule has 0 aliphatic heterocycles. The van der Waals surface area contributed by atoms with E-state index in [1.54, 1.807) is 0 Å². The van der Waals surface area contributed by atoms with Crippen LogP contribution in [0.3, 0.4) is 0 Å². The van der Waals surface area contributed by atoms with Crippen LogP contribution in [0.15, 0.2) is 21.7 Å². The standard InChI is InChI=1S/C10H10N2O2S/c1-2-3-4-6-5-7-10(15-6)12-9(14)8(13)11-7/h3-5H,2H2,1H3,(H,11,13)(H,12,14). The number of allylic oxidation sites excluding steroid dienone is 1. The molecule has 2 aromatic heterocycles. The largest absolute Gasteiger partial charge is 0.315 e. The first-order valence-corrected chi connectivity index (χ1v) is 5.45. The Morgan fingerprint density at radius 3 is 2.80 bits per heavy atom. The van der Waals surface area contributed by atoms with E-state index in [9.17, 15) is 9.59 Å². The highest BCUT2D eigenvalue weighted by Crippen LogP contribution is 2.21. The highest BCUT2D eigenvalue weighted by atomic mass is 32.1. The Kier molecular flexibility index (Phi) is 2.55. The molecule has 0 spiro atoms. The van der Waals surface area contributed by atoms with Crippen molar-refractivity contribution in [2.24, 2.45) is 0 Å². The second-order valence-electron chi connectivity index (χ2n) is 3.11. The van der Waals surface area contributed by atoms with Crippen LogP contribution in [0.25, 0.3) is 16.4 Å². The molecule has 5 heteroatoms. The van der Waals surface area contributed by atoms with Gasteiger partial charge in [-0.1, -0.05) is 13.0 Å². The number of hydrogen-bond donors (Lipinski definition) is 2. The zero-order valence-corrected chi connectivity index (χ0v) is 8.98. The van der Waals surface area contributed by atoms with E-state index >= 15 is 0 Å². The third-order valence-electron chi connectivity index (χ3n) is 1.95. The quantitative estimate of drug-likeness (QED) is 0.759. The van der Waals surface area contributed by atoms with Crippen LogP contribution in [0.5, 0.6) is 0 Å². The molecule has 0 aliphatic rings. The lowest BCUT2D eigenvalue weighted by molar-refractivity contribution is 1.16. The minimum absolute atomic E-state index is 0.602. The summed E-state index contributed by atoms with van der Waals surface area (Å²) in [5, 5.41) is 0. The summed E-state index contributed by atoms with van der Waals surface area (Å²) in [6.07, 6.45) is 4.96. The maximum Gasteiger partial charge on any atom is 0.314 e. The van der Waals surface area contributed by atoms with Crippen molar-refractivity contribution in [2.45, 2.75) is 13.3 Å². The molecule has 0 amide bonds. The molecule has 2 heterocycles. The van der Waals surface area contributed by atoms with Gasteiger partial charge in [-0.2, -0.15) is 0 Å². The summed E-state index contributed by atoms with van der Waals surface area (Å²) in [5.41, 5.74) is -0.526. The maximum atomic E-state index is 11.0. The number of fused-ring (bicyclic) bond motifs is 1. The fourth-order valence-electron chi connectivity index (χ4n) is 1.25. The van der Waals surface area contributed by atoms with Crippen LogP contribution in [-0.2, 0) is 0 Å². The Bertz CT molecular complexity index is 571. The van der Waals surface area contributed by atoms with Gasteiger partial charge in [0.25, 0.3) is 0 Å². The second-order valence-corrected chi connectivity index (χ2v) is 4.19. The lowest BCUT2D eigenvalue weighted by atomic mass is 10.3. The molecule has 2 rings (SSSR count). The summed E-state index contributed by atoms with van der Waals surface area (Å²) in [5.74, 6) is 0. The lowest BCUT2D eigenvalue weighted by Crippen LogP contribution is -2.28. The van der Waals surface area contributed by atoms with E-state index in [-0.39, 0.29) is 0 Å². The predicted octanol–water partition coefficient (Wildman–Crippen LogP) is 1.70. The van der Waals surface area contributed by atoms with Crippen molar-refractivity contribution >= 4 is 27.8 Å². The van der Waals surface area contributed by atoms with E-state index in [2.05, 4.69) is 9.97 Å². The van der Waals surface area contributed by atoms with E-state index in [4.69, 9.17) is 0 Å². The molecule has 4 nitrogen and oxygen atoms in total. The van der Waals surface area contributed by atoms with Crippen molar-refractivity contribution in [3.63, 3.8) is 0 Å². The number of aromatic nitrogens is 2. The highest BCUT2D eigenvalue weighted by molar-refractivity contribution is 7.19. The van der Waals surface area contributed by atoms with Crippen molar-refractivity contribution in [3.8, 4) is 0 Å². The first kappa shape index (κ1) is 9.92. The van der Waals surface area contributed by atoms with Crippen molar-refractivity contribution in [3.05, 3.63) is 37.7 Å². The first-order valence-electron chi connectivity index (χ1n) is 4.63. The molecule has 2 aromatic rings. The van der Waals surface area contributed by atoms with Crippen molar-refractivity contribution in [1.82, 2.24) is 9.97 Å². The van der Waals surface area contributed by atoms with Gasteiger partial charge in [0.1, 0.15) is 4.83 Å². The molecule has 0 unspecified atom stereocenters. The van der Waals surface area contributed by atoms with Crippen LogP contribution in [0.1, 0.15) is 18.2 Å². The average Bonchev–Trinajstić information content (AvgIpc) is 2.58. The van der Waals surface area contributed by atoms with E-state index in [1.807, 2.05) is 25.1 Å². The van der Waals surface area contributed by atoms with Crippen LogP contribution in [0, 0.1) is 0 Å². The fraction of sp³-hybridized carbons (Fsp3) is 0.200. The molecule has 78 valence electrons. The Labute approximate surface area is 89.3 Å². The maximum absolute atomic E-state index is 11.0. The van der Waals surface area contributed by atoms with Crippen LogP contribution in [0.2, 0.25) is 0 Å². The van der Waals surface area contributed by atoms with Gasteiger partial charge >= 0.3 is 11.1 Å². The third kappa shape index (κ3) is 1.92. The number of aromatic amines is 2. The Morgan fingerprint density at radius 2 is 2.07 bits per heavy atom. The van der Waals surface area contributed by atoms with E-state index in [0.717, 1.165) is 11.3 Å². The van der Waals surface area contributed by atoms with Crippen molar-refractivity contribution in [2.75, 3.05) is 0 Å². The molecule has 0 saturated carbocycles. The molecule has 0 saturated heterocycles. The fourth-order valence-corrected chi connectivity index (χ4v) is 2.19. The Balaban J connectivity index is 2.61. The highest BCUT2D eigenvalue weighted by Gasteiger charge is 2.02. The Morgan fingerprint density at radius 1 is 1.33 bits per heavy atom. The van der Waals surface area contributed by atoms with Gasteiger partial charge in [0, 0.05) is 4.88 Å². The minimum Gasteiger partial charge on any atom is -0.315 e. The van der Waals surface area contributed by atoms with Crippen LogP contribution < -0.4 is 11.1 Å². The lowest BCUT2D eigenvalue weighted by Gasteiger charge is -1.84. The van der Waals surface area contributed by atoms with Gasteiger partial charge in [-0.3, -0.25) is 9.59 Å². The summed E-state index contributed by atoms with van der Waals surface area (Å²) >= 11 is 1.45. The van der Waals surface area contributed by atoms with E-state index in [1.165, 1.54) is 11.3 Å². The summed E-state index contributed by atoms with van der Waals surface area (Å²) in [7, 11) is 0. The smallest absolute Gasteiger partial charge is 0.314 e. The van der Waals surface area contributed by atoms with Gasteiger partial charge in [0.15, 0.2) is 0 Å².